The lowest BCUT2D eigenvalue weighted by Gasteiger charge is -2.24. The van der Waals surface area contributed by atoms with E-state index in [0.717, 1.165) is 18.8 Å². The largest absolute Gasteiger partial charge is 0.497 e. The van der Waals surface area contributed by atoms with Crippen molar-refractivity contribution in [2.45, 2.75) is 13.8 Å². The van der Waals surface area contributed by atoms with Gasteiger partial charge in [-0.15, -0.1) is 0 Å². The number of nitrogen functional groups attached to an aromatic ring is 1. The van der Waals surface area contributed by atoms with Crippen molar-refractivity contribution in [2.75, 3.05) is 36.1 Å². The summed E-state index contributed by atoms with van der Waals surface area (Å²) in [4.78, 5) is 14.5. The van der Waals surface area contributed by atoms with Crippen LogP contribution in [0.15, 0.2) is 36.4 Å². The van der Waals surface area contributed by atoms with Crippen LogP contribution in [0.5, 0.6) is 5.75 Å². The van der Waals surface area contributed by atoms with Crippen molar-refractivity contribution in [2.24, 2.45) is 0 Å². The summed E-state index contributed by atoms with van der Waals surface area (Å²) in [5.74, 6) is 0.454. The Morgan fingerprint density at radius 2 is 1.83 bits per heavy atom. The van der Waals surface area contributed by atoms with Crippen LogP contribution in [0.2, 0.25) is 5.02 Å². The number of nitrogens with one attached hydrogen (secondary N) is 1. The molecule has 2 rings (SSSR count). The fraction of sp³-hybridized carbons (Fsp3) is 0.278. The van der Waals surface area contributed by atoms with Gasteiger partial charge in [0.2, 0.25) is 0 Å². The molecule has 0 atom stereocenters. The van der Waals surface area contributed by atoms with Crippen molar-refractivity contribution < 1.29 is 9.53 Å². The maximum Gasteiger partial charge on any atom is 0.255 e. The number of rotatable bonds is 6. The first-order valence-corrected chi connectivity index (χ1v) is 8.17. The second kappa shape index (κ2) is 7.93. The minimum Gasteiger partial charge on any atom is -0.497 e. The van der Waals surface area contributed by atoms with E-state index in [4.69, 9.17) is 22.1 Å². The Hall–Kier alpha value is -2.40. The van der Waals surface area contributed by atoms with Gasteiger partial charge in [-0.25, -0.2) is 0 Å². The highest BCUT2D eigenvalue weighted by Crippen LogP contribution is 2.33. The van der Waals surface area contributed by atoms with Crippen LogP contribution < -0.4 is 20.7 Å². The molecule has 5 nitrogen and oxygen atoms in total. The normalized spacial score (nSPS) is 10.3. The number of hydrogen-bond acceptors (Lipinski definition) is 4. The Bertz CT molecular complexity index is 713. The predicted molar refractivity (Wildman–Crippen MR) is 100 cm³/mol. The van der Waals surface area contributed by atoms with Gasteiger partial charge >= 0.3 is 0 Å². The van der Waals surface area contributed by atoms with Gasteiger partial charge in [0.25, 0.3) is 5.91 Å². The van der Waals surface area contributed by atoms with E-state index in [1.54, 1.807) is 37.4 Å². The number of nitrogens with zero attached hydrogens (tertiary/aromatic N) is 1. The summed E-state index contributed by atoms with van der Waals surface area (Å²) in [5, 5.41) is 3.25. The number of carbonyl (C=O) groups excluding carboxylic acids is 1. The van der Waals surface area contributed by atoms with Gasteiger partial charge < -0.3 is 20.7 Å². The van der Waals surface area contributed by atoms with Crippen LogP contribution >= 0.6 is 11.6 Å². The summed E-state index contributed by atoms with van der Waals surface area (Å²) in [7, 11) is 1.58. The monoisotopic (exact) mass is 347 g/mol. The summed E-state index contributed by atoms with van der Waals surface area (Å²) in [6, 6.07) is 10.3. The third-order valence-electron chi connectivity index (χ3n) is 3.82. The molecular weight excluding hydrogens is 326 g/mol. The summed E-state index contributed by atoms with van der Waals surface area (Å²) in [6.07, 6.45) is 0. The van der Waals surface area contributed by atoms with Crippen LogP contribution in [0.25, 0.3) is 0 Å². The molecule has 1 amide bonds. The van der Waals surface area contributed by atoms with Crippen LogP contribution in [-0.2, 0) is 0 Å². The molecule has 0 fully saturated rings. The smallest absolute Gasteiger partial charge is 0.255 e. The van der Waals surface area contributed by atoms with E-state index in [0.29, 0.717) is 27.7 Å². The number of benzene rings is 2. The first kappa shape index (κ1) is 17.9. The quantitative estimate of drug-likeness (QED) is 0.774. The summed E-state index contributed by atoms with van der Waals surface area (Å²) < 4.78 is 5.09. The average Bonchev–Trinajstić information content (AvgIpc) is 2.59. The molecular formula is C18H22ClN3O2. The SMILES string of the molecule is CCN(CC)c1cc(NC(=O)c2ccc(OC)cc2)c(Cl)cc1N. The average molecular weight is 348 g/mol. The highest BCUT2D eigenvalue weighted by atomic mass is 35.5. The Morgan fingerprint density at radius 1 is 1.21 bits per heavy atom. The van der Waals surface area contributed by atoms with Gasteiger partial charge in [-0.3, -0.25) is 4.79 Å². The standard InChI is InChI=1S/C18H22ClN3O2/c1-4-22(5-2)17-11-16(14(19)10-15(17)20)21-18(23)12-6-8-13(24-3)9-7-12/h6-11H,4-5,20H2,1-3H3,(H,21,23). The number of carbonyl (C=O) groups is 1. The summed E-state index contributed by atoms with van der Waals surface area (Å²) >= 11 is 6.24. The third kappa shape index (κ3) is 3.92. The Morgan fingerprint density at radius 3 is 2.38 bits per heavy atom. The molecule has 0 saturated heterocycles. The maximum atomic E-state index is 12.4. The number of anilines is 3. The molecule has 0 aliphatic carbocycles. The molecule has 6 heteroatoms. The van der Waals surface area contributed by atoms with Crippen molar-refractivity contribution >= 4 is 34.6 Å². The zero-order valence-corrected chi connectivity index (χ0v) is 14.9. The molecule has 0 saturated carbocycles. The third-order valence-corrected chi connectivity index (χ3v) is 4.13. The number of methoxy groups -OCH3 is 1. The van der Waals surface area contributed by atoms with Crippen molar-refractivity contribution in [3.05, 3.63) is 47.0 Å². The molecule has 0 unspecified atom stereocenters. The molecule has 128 valence electrons. The van der Waals surface area contributed by atoms with Crippen molar-refractivity contribution in [3.63, 3.8) is 0 Å². The zero-order valence-electron chi connectivity index (χ0n) is 14.1. The molecule has 0 spiro atoms. The van der Waals surface area contributed by atoms with E-state index in [2.05, 4.69) is 10.2 Å². The molecule has 0 aliphatic heterocycles. The molecule has 0 aliphatic rings. The fourth-order valence-corrected chi connectivity index (χ4v) is 2.67. The summed E-state index contributed by atoms with van der Waals surface area (Å²) in [6.45, 7) is 5.72. The van der Waals surface area contributed by atoms with Gasteiger partial charge in [0.05, 0.1) is 29.2 Å². The highest BCUT2D eigenvalue weighted by Gasteiger charge is 2.14. The van der Waals surface area contributed by atoms with Gasteiger partial charge in [-0.2, -0.15) is 0 Å². The van der Waals surface area contributed by atoms with Crippen LogP contribution in [0, 0.1) is 0 Å². The lowest BCUT2D eigenvalue weighted by Crippen LogP contribution is -2.23. The Balaban J connectivity index is 2.27. The first-order valence-electron chi connectivity index (χ1n) is 7.79. The lowest BCUT2D eigenvalue weighted by atomic mass is 10.1. The molecule has 0 aromatic heterocycles. The van der Waals surface area contributed by atoms with E-state index in [1.165, 1.54) is 0 Å². The topological polar surface area (TPSA) is 67.6 Å². The van der Waals surface area contributed by atoms with E-state index in [1.807, 2.05) is 19.9 Å². The van der Waals surface area contributed by atoms with Gasteiger partial charge in [0, 0.05) is 18.7 Å². The van der Waals surface area contributed by atoms with Gasteiger partial charge in [0.15, 0.2) is 0 Å². The minimum absolute atomic E-state index is 0.241. The van der Waals surface area contributed by atoms with Crippen molar-refractivity contribution in [1.29, 1.82) is 0 Å². The van der Waals surface area contributed by atoms with Gasteiger partial charge in [-0.05, 0) is 50.2 Å². The lowest BCUT2D eigenvalue weighted by molar-refractivity contribution is 0.102. The second-order valence-electron chi connectivity index (χ2n) is 5.25. The second-order valence-corrected chi connectivity index (χ2v) is 5.65. The van der Waals surface area contributed by atoms with Gasteiger partial charge in [0.1, 0.15) is 5.75 Å². The first-order chi connectivity index (χ1) is 11.5. The van der Waals surface area contributed by atoms with E-state index < -0.39 is 0 Å². The fourth-order valence-electron chi connectivity index (χ4n) is 2.45. The van der Waals surface area contributed by atoms with Crippen molar-refractivity contribution in [3.8, 4) is 5.75 Å². The van der Waals surface area contributed by atoms with Crippen LogP contribution in [-0.4, -0.2) is 26.1 Å². The van der Waals surface area contributed by atoms with E-state index in [9.17, 15) is 4.79 Å². The molecule has 0 heterocycles. The van der Waals surface area contributed by atoms with Crippen LogP contribution in [0.4, 0.5) is 17.1 Å². The minimum atomic E-state index is -0.241. The van der Waals surface area contributed by atoms with Gasteiger partial charge in [-0.1, -0.05) is 11.6 Å². The Labute approximate surface area is 147 Å². The van der Waals surface area contributed by atoms with E-state index in [-0.39, 0.29) is 5.91 Å². The van der Waals surface area contributed by atoms with Crippen LogP contribution in [0.3, 0.4) is 0 Å². The molecule has 0 radical (unpaired) electrons. The zero-order chi connectivity index (χ0) is 17.7. The molecule has 24 heavy (non-hydrogen) atoms. The molecule has 2 aromatic carbocycles. The Kier molecular flexibility index (Phi) is 5.93. The number of halogens is 1. The number of ether oxygens (including phenoxy) is 1. The molecule has 3 N–H and O–H groups in total. The number of hydrogen-bond donors (Lipinski definition) is 2. The molecule has 2 aromatic rings. The van der Waals surface area contributed by atoms with Crippen molar-refractivity contribution in [1.82, 2.24) is 0 Å². The number of amides is 1. The predicted octanol–water partition coefficient (Wildman–Crippen LogP) is 4.03. The number of nitrogens with two attached hydrogens (primary N) is 1. The van der Waals surface area contributed by atoms with E-state index >= 15 is 0 Å². The molecule has 0 bridgehead atoms. The maximum absolute atomic E-state index is 12.4. The highest BCUT2D eigenvalue weighted by molar-refractivity contribution is 6.34. The van der Waals surface area contributed by atoms with Crippen LogP contribution in [0.1, 0.15) is 24.2 Å². The summed E-state index contributed by atoms with van der Waals surface area (Å²) in [5.41, 5.74) is 8.57.